The Morgan fingerprint density at radius 3 is 2.74 bits per heavy atom. The summed E-state index contributed by atoms with van der Waals surface area (Å²) in [6.45, 7) is 1.86. The molecule has 8 heteroatoms. The van der Waals surface area contributed by atoms with Crippen molar-refractivity contribution < 1.29 is 0 Å². The van der Waals surface area contributed by atoms with Gasteiger partial charge in [-0.2, -0.15) is 15.3 Å². The number of nitrogens with one attached hydrogen (secondary N) is 3. The van der Waals surface area contributed by atoms with E-state index in [1.54, 1.807) is 0 Å². The van der Waals surface area contributed by atoms with Crippen LogP contribution in [0.25, 0.3) is 33.5 Å². The topological polar surface area (TPSA) is 100 Å². The van der Waals surface area contributed by atoms with E-state index in [0.717, 1.165) is 59.9 Å². The molecule has 1 fully saturated rings. The van der Waals surface area contributed by atoms with E-state index in [-0.39, 0.29) is 0 Å². The van der Waals surface area contributed by atoms with Gasteiger partial charge in [0.1, 0.15) is 5.82 Å². The normalized spacial score (nSPS) is 15.7. The highest BCUT2D eigenvalue weighted by Gasteiger charge is 2.29. The lowest BCUT2D eigenvalue weighted by Gasteiger charge is -2.13. The first-order valence-corrected chi connectivity index (χ1v) is 12.0. The van der Waals surface area contributed by atoms with Crippen LogP contribution in [-0.4, -0.2) is 41.7 Å². The molecule has 5 aromatic rings. The first-order chi connectivity index (χ1) is 16.7. The highest BCUT2D eigenvalue weighted by atomic mass is 15.3. The molecule has 170 valence electrons. The van der Waals surface area contributed by atoms with E-state index in [1.165, 1.54) is 40.6 Å². The minimum Gasteiger partial charge on any atom is -0.312 e. The SMILES string of the molecule is Cn1nc(-c2ccc(-c3n[nH]c4c3CNCC4)cc2)nc1Cc1ccc2[nH]ncc2c1C1CC1. The Kier molecular flexibility index (Phi) is 4.41. The van der Waals surface area contributed by atoms with E-state index in [9.17, 15) is 0 Å². The van der Waals surface area contributed by atoms with Gasteiger partial charge < -0.3 is 5.32 Å². The van der Waals surface area contributed by atoms with Crippen molar-refractivity contribution in [3.63, 3.8) is 0 Å². The summed E-state index contributed by atoms with van der Waals surface area (Å²) in [5, 5.41) is 24.6. The third-order valence-electron chi connectivity index (χ3n) is 7.17. The second kappa shape index (κ2) is 7.63. The van der Waals surface area contributed by atoms with Crippen molar-refractivity contribution in [1.82, 2.24) is 40.5 Å². The standard InChI is InChI=1S/C26H26N8/c1-34-23(12-18-8-9-21-19(14-28-30-21)24(18)15-2-3-15)29-26(33-34)17-6-4-16(5-7-17)25-20-13-27-11-10-22(20)31-32-25/h4-9,14-15,27H,2-3,10-13H2,1H3,(H,28,30)(H,31,32). The van der Waals surface area contributed by atoms with E-state index >= 15 is 0 Å². The molecular weight excluding hydrogens is 424 g/mol. The summed E-state index contributed by atoms with van der Waals surface area (Å²) < 4.78 is 1.91. The first-order valence-electron chi connectivity index (χ1n) is 12.0. The molecule has 7 rings (SSSR count). The summed E-state index contributed by atoms with van der Waals surface area (Å²) in [6.07, 6.45) is 6.23. The van der Waals surface area contributed by atoms with Crippen molar-refractivity contribution in [3.05, 3.63) is 70.8 Å². The molecule has 1 aliphatic carbocycles. The van der Waals surface area contributed by atoms with Gasteiger partial charge in [0.2, 0.25) is 0 Å². The van der Waals surface area contributed by atoms with Gasteiger partial charge in [0.15, 0.2) is 5.82 Å². The summed E-state index contributed by atoms with van der Waals surface area (Å²) in [5.74, 6) is 2.36. The van der Waals surface area contributed by atoms with Crippen molar-refractivity contribution >= 4 is 10.9 Å². The minimum atomic E-state index is 0.638. The third-order valence-corrected chi connectivity index (χ3v) is 7.17. The smallest absolute Gasteiger partial charge is 0.181 e. The Morgan fingerprint density at radius 1 is 1.03 bits per heavy atom. The van der Waals surface area contributed by atoms with Gasteiger partial charge in [-0.25, -0.2) is 4.98 Å². The number of nitrogens with zero attached hydrogens (tertiary/aromatic N) is 5. The molecule has 3 N–H and O–H groups in total. The fourth-order valence-electron chi connectivity index (χ4n) is 5.20. The average molecular weight is 451 g/mol. The molecule has 0 saturated heterocycles. The number of rotatable bonds is 5. The first kappa shape index (κ1) is 19.7. The molecule has 4 heterocycles. The van der Waals surface area contributed by atoms with Gasteiger partial charge in [0.25, 0.3) is 0 Å². The molecule has 0 amide bonds. The molecule has 8 nitrogen and oxygen atoms in total. The van der Waals surface area contributed by atoms with Crippen LogP contribution in [0.1, 0.15) is 47.0 Å². The molecule has 2 aliphatic rings. The Hall–Kier alpha value is -3.78. The molecule has 2 aromatic carbocycles. The van der Waals surface area contributed by atoms with Gasteiger partial charge >= 0.3 is 0 Å². The summed E-state index contributed by atoms with van der Waals surface area (Å²) >= 11 is 0. The maximum atomic E-state index is 4.92. The van der Waals surface area contributed by atoms with Crippen LogP contribution in [0.4, 0.5) is 0 Å². The zero-order valence-electron chi connectivity index (χ0n) is 19.1. The van der Waals surface area contributed by atoms with Gasteiger partial charge in [-0.05, 0) is 36.0 Å². The van der Waals surface area contributed by atoms with Crippen molar-refractivity contribution in [2.24, 2.45) is 7.05 Å². The highest BCUT2D eigenvalue weighted by Crippen LogP contribution is 2.45. The van der Waals surface area contributed by atoms with Crippen LogP contribution in [0.3, 0.4) is 0 Å². The average Bonchev–Trinajstić information content (AvgIpc) is 3.25. The van der Waals surface area contributed by atoms with Crippen LogP contribution in [0.15, 0.2) is 42.6 Å². The van der Waals surface area contributed by atoms with E-state index in [0.29, 0.717) is 5.92 Å². The second-order valence-corrected chi connectivity index (χ2v) is 9.43. The van der Waals surface area contributed by atoms with Gasteiger partial charge in [-0.1, -0.05) is 30.3 Å². The number of H-pyrrole nitrogens is 2. The predicted octanol–water partition coefficient (Wildman–Crippen LogP) is 3.86. The van der Waals surface area contributed by atoms with Crippen molar-refractivity contribution in [3.8, 4) is 22.6 Å². The lowest BCUT2D eigenvalue weighted by Crippen LogP contribution is -2.23. The number of benzene rings is 2. The van der Waals surface area contributed by atoms with Crippen molar-refractivity contribution in [2.45, 2.75) is 38.1 Å². The van der Waals surface area contributed by atoms with E-state index in [4.69, 9.17) is 10.1 Å². The fraction of sp³-hybridized carbons (Fsp3) is 0.308. The van der Waals surface area contributed by atoms with Crippen LogP contribution < -0.4 is 5.32 Å². The Bertz CT molecular complexity index is 1500. The number of aromatic amines is 2. The van der Waals surface area contributed by atoms with Gasteiger partial charge in [-0.3, -0.25) is 14.9 Å². The zero-order valence-corrected chi connectivity index (χ0v) is 19.1. The number of hydrogen-bond donors (Lipinski definition) is 3. The molecule has 0 unspecified atom stereocenters. The monoisotopic (exact) mass is 450 g/mol. The van der Waals surface area contributed by atoms with Gasteiger partial charge in [0, 0.05) is 60.7 Å². The zero-order chi connectivity index (χ0) is 22.6. The predicted molar refractivity (Wildman–Crippen MR) is 130 cm³/mol. The van der Waals surface area contributed by atoms with Crippen molar-refractivity contribution in [1.29, 1.82) is 0 Å². The van der Waals surface area contributed by atoms with Crippen LogP contribution >= 0.6 is 0 Å². The molecule has 3 aromatic heterocycles. The molecule has 1 saturated carbocycles. The molecule has 1 aliphatic heterocycles. The van der Waals surface area contributed by atoms with E-state index in [1.807, 2.05) is 17.9 Å². The summed E-state index contributed by atoms with van der Waals surface area (Å²) in [5.41, 5.74) is 9.54. The Balaban J connectivity index is 1.18. The second-order valence-electron chi connectivity index (χ2n) is 9.43. The van der Waals surface area contributed by atoms with E-state index in [2.05, 4.69) is 62.1 Å². The Labute approximate surface area is 196 Å². The molecule has 0 radical (unpaired) electrons. The summed E-state index contributed by atoms with van der Waals surface area (Å²) in [4.78, 5) is 4.92. The quantitative estimate of drug-likeness (QED) is 0.378. The number of aromatic nitrogens is 7. The van der Waals surface area contributed by atoms with Crippen molar-refractivity contribution in [2.75, 3.05) is 6.54 Å². The molecule has 0 bridgehead atoms. The largest absolute Gasteiger partial charge is 0.312 e. The van der Waals surface area contributed by atoms with Crippen LogP contribution in [0, 0.1) is 0 Å². The number of aryl methyl sites for hydroxylation is 1. The molecule has 0 atom stereocenters. The molecular formula is C26H26N8. The highest BCUT2D eigenvalue weighted by molar-refractivity contribution is 5.84. The Morgan fingerprint density at radius 2 is 1.88 bits per heavy atom. The summed E-state index contributed by atoms with van der Waals surface area (Å²) in [6, 6.07) is 12.8. The van der Waals surface area contributed by atoms with E-state index < -0.39 is 0 Å². The fourth-order valence-corrected chi connectivity index (χ4v) is 5.20. The van der Waals surface area contributed by atoms with Gasteiger partial charge in [0.05, 0.1) is 17.4 Å². The third kappa shape index (κ3) is 3.25. The minimum absolute atomic E-state index is 0.638. The number of fused-ring (bicyclic) bond motifs is 2. The van der Waals surface area contributed by atoms with Crippen LogP contribution in [-0.2, 0) is 26.4 Å². The van der Waals surface area contributed by atoms with Gasteiger partial charge in [-0.15, -0.1) is 0 Å². The number of hydrogen-bond acceptors (Lipinski definition) is 5. The maximum Gasteiger partial charge on any atom is 0.181 e. The lowest BCUT2D eigenvalue weighted by molar-refractivity contribution is 0.637. The molecule has 0 spiro atoms. The maximum absolute atomic E-state index is 4.92. The van der Waals surface area contributed by atoms with Crippen LogP contribution in [0.2, 0.25) is 0 Å². The summed E-state index contributed by atoms with van der Waals surface area (Å²) in [7, 11) is 1.98. The lowest BCUT2D eigenvalue weighted by atomic mass is 9.96. The van der Waals surface area contributed by atoms with Crippen LogP contribution in [0.5, 0.6) is 0 Å². The molecule has 34 heavy (non-hydrogen) atoms.